The van der Waals surface area contributed by atoms with E-state index in [1.807, 2.05) is 0 Å². The van der Waals surface area contributed by atoms with E-state index < -0.39 is 16.6 Å². The fourth-order valence-electron chi connectivity index (χ4n) is 1.77. The predicted molar refractivity (Wildman–Crippen MR) is 75.7 cm³/mol. The predicted octanol–water partition coefficient (Wildman–Crippen LogP) is 3.32. The average Bonchev–Trinajstić information content (AvgIpc) is 2.44. The molecule has 0 aliphatic rings. The van der Waals surface area contributed by atoms with Crippen LogP contribution in [0.1, 0.15) is 15.9 Å². The molecular weight excluding hydrogens is 299 g/mol. The van der Waals surface area contributed by atoms with Crippen LogP contribution in [-0.4, -0.2) is 10.8 Å². The molecule has 0 saturated carbocycles. The molecule has 2 aromatic rings. The van der Waals surface area contributed by atoms with Gasteiger partial charge in [0.25, 0.3) is 11.6 Å². The number of nitrogens with one attached hydrogen (secondary N) is 1. The van der Waals surface area contributed by atoms with E-state index in [4.69, 9.17) is 11.6 Å². The van der Waals surface area contributed by atoms with Crippen LogP contribution in [0.5, 0.6) is 0 Å². The molecule has 0 aromatic heterocycles. The fraction of sp³-hybridized carbons (Fsp3) is 0.0714. The van der Waals surface area contributed by atoms with E-state index in [9.17, 15) is 19.3 Å². The molecule has 7 heteroatoms. The second-order valence-electron chi connectivity index (χ2n) is 4.23. The molecule has 0 radical (unpaired) electrons. The van der Waals surface area contributed by atoms with Crippen LogP contribution in [0.25, 0.3) is 0 Å². The SMILES string of the molecule is O=C(NCc1cccc(F)c1)c1ccc(Cl)cc1[N+](=O)[O-]. The second-order valence-corrected chi connectivity index (χ2v) is 4.67. The molecule has 21 heavy (non-hydrogen) atoms. The van der Waals surface area contributed by atoms with Crippen LogP contribution >= 0.6 is 11.6 Å². The largest absolute Gasteiger partial charge is 0.348 e. The van der Waals surface area contributed by atoms with Crippen molar-refractivity contribution >= 4 is 23.2 Å². The molecule has 0 atom stereocenters. The van der Waals surface area contributed by atoms with Gasteiger partial charge in [-0.2, -0.15) is 0 Å². The number of nitro benzene ring substituents is 1. The highest BCUT2D eigenvalue weighted by molar-refractivity contribution is 6.31. The van der Waals surface area contributed by atoms with Crippen LogP contribution in [0.15, 0.2) is 42.5 Å². The summed E-state index contributed by atoms with van der Waals surface area (Å²) in [5.41, 5.74) is 0.0833. The van der Waals surface area contributed by atoms with Crippen molar-refractivity contribution in [1.29, 1.82) is 0 Å². The number of benzene rings is 2. The van der Waals surface area contributed by atoms with E-state index in [1.165, 1.54) is 30.3 Å². The van der Waals surface area contributed by atoms with Crippen molar-refractivity contribution in [3.8, 4) is 0 Å². The summed E-state index contributed by atoms with van der Waals surface area (Å²) in [6.45, 7) is 0.0658. The number of hydrogen-bond donors (Lipinski definition) is 1. The Kier molecular flexibility index (Phi) is 4.49. The van der Waals surface area contributed by atoms with Gasteiger partial charge in [0, 0.05) is 17.6 Å². The lowest BCUT2D eigenvalue weighted by Gasteiger charge is -2.06. The third-order valence-electron chi connectivity index (χ3n) is 2.74. The molecule has 2 rings (SSSR count). The van der Waals surface area contributed by atoms with Gasteiger partial charge in [0.2, 0.25) is 0 Å². The Morgan fingerprint density at radius 2 is 2.05 bits per heavy atom. The molecule has 0 fully saturated rings. The van der Waals surface area contributed by atoms with Gasteiger partial charge in [-0.05, 0) is 29.8 Å². The van der Waals surface area contributed by atoms with Crippen LogP contribution in [0.2, 0.25) is 5.02 Å². The Morgan fingerprint density at radius 3 is 2.71 bits per heavy atom. The zero-order valence-corrected chi connectivity index (χ0v) is 11.4. The highest BCUT2D eigenvalue weighted by atomic mass is 35.5. The van der Waals surface area contributed by atoms with Crippen molar-refractivity contribution in [3.05, 3.63) is 74.5 Å². The van der Waals surface area contributed by atoms with Crippen molar-refractivity contribution in [2.75, 3.05) is 0 Å². The summed E-state index contributed by atoms with van der Waals surface area (Å²) in [6, 6.07) is 9.50. The van der Waals surface area contributed by atoms with E-state index in [-0.39, 0.29) is 22.8 Å². The maximum atomic E-state index is 13.0. The highest BCUT2D eigenvalue weighted by Crippen LogP contribution is 2.23. The summed E-state index contributed by atoms with van der Waals surface area (Å²) in [5.74, 6) is -1.04. The summed E-state index contributed by atoms with van der Waals surface area (Å²) in [4.78, 5) is 22.2. The number of rotatable bonds is 4. The van der Waals surface area contributed by atoms with Gasteiger partial charge in [0.05, 0.1) is 4.92 Å². The monoisotopic (exact) mass is 308 g/mol. The van der Waals surface area contributed by atoms with Gasteiger partial charge >= 0.3 is 0 Å². The standard InChI is InChI=1S/C14H10ClFN2O3/c15-10-4-5-12(13(7-10)18(20)21)14(19)17-8-9-2-1-3-11(16)6-9/h1-7H,8H2,(H,17,19). The lowest BCUT2D eigenvalue weighted by atomic mass is 10.1. The Hall–Kier alpha value is -2.47. The van der Waals surface area contributed by atoms with Crippen LogP contribution in [0, 0.1) is 15.9 Å². The van der Waals surface area contributed by atoms with Gasteiger partial charge in [-0.1, -0.05) is 23.7 Å². The quantitative estimate of drug-likeness (QED) is 0.695. The number of amides is 1. The maximum absolute atomic E-state index is 13.0. The van der Waals surface area contributed by atoms with Gasteiger partial charge in [-0.15, -0.1) is 0 Å². The molecule has 1 amide bonds. The van der Waals surface area contributed by atoms with E-state index in [0.29, 0.717) is 5.56 Å². The van der Waals surface area contributed by atoms with Crippen molar-refractivity contribution in [3.63, 3.8) is 0 Å². The molecule has 0 aliphatic carbocycles. The first-order valence-electron chi connectivity index (χ1n) is 5.94. The average molecular weight is 309 g/mol. The molecule has 108 valence electrons. The summed E-state index contributed by atoms with van der Waals surface area (Å²) < 4.78 is 13.0. The molecule has 1 N–H and O–H groups in total. The Morgan fingerprint density at radius 1 is 1.29 bits per heavy atom. The third kappa shape index (κ3) is 3.76. The number of nitro groups is 1. The van der Waals surface area contributed by atoms with Crippen molar-refractivity contribution < 1.29 is 14.1 Å². The van der Waals surface area contributed by atoms with Crippen LogP contribution < -0.4 is 5.32 Å². The first-order valence-corrected chi connectivity index (χ1v) is 6.32. The zero-order chi connectivity index (χ0) is 15.4. The maximum Gasteiger partial charge on any atom is 0.283 e. The smallest absolute Gasteiger partial charge is 0.283 e. The fourth-order valence-corrected chi connectivity index (χ4v) is 1.94. The summed E-state index contributed by atoms with van der Waals surface area (Å²) in [7, 11) is 0. The molecule has 5 nitrogen and oxygen atoms in total. The van der Waals surface area contributed by atoms with Crippen molar-refractivity contribution in [1.82, 2.24) is 5.32 Å². The minimum atomic E-state index is -0.678. The molecule has 0 unspecified atom stereocenters. The molecule has 2 aromatic carbocycles. The summed E-state index contributed by atoms with van der Waals surface area (Å²) in [6.07, 6.45) is 0. The summed E-state index contributed by atoms with van der Waals surface area (Å²) in [5, 5.41) is 13.6. The molecule has 0 spiro atoms. The molecule has 0 bridgehead atoms. The summed E-state index contributed by atoms with van der Waals surface area (Å²) >= 11 is 5.68. The lowest BCUT2D eigenvalue weighted by molar-refractivity contribution is -0.385. The van der Waals surface area contributed by atoms with E-state index in [0.717, 1.165) is 6.07 Å². The van der Waals surface area contributed by atoms with Crippen molar-refractivity contribution in [2.24, 2.45) is 0 Å². The van der Waals surface area contributed by atoms with Gasteiger partial charge in [-0.3, -0.25) is 14.9 Å². The number of carbonyl (C=O) groups excluding carboxylic acids is 1. The zero-order valence-electron chi connectivity index (χ0n) is 10.7. The minimum Gasteiger partial charge on any atom is -0.348 e. The first-order chi connectivity index (χ1) is 9.97. The number of carbonyl (C=O) groups is 1. The molecule has 0 aliphatic heterocycles. The van der Waals surface area contributed by atoms with Crippen molar-refractivity contribution in [2.45, 2.75) is 6.54 Å². The minimum absolute atomic E-state index is 0.0658. The first kappa shape index (κ1) is 14.9. The Balaban J connectivity index is 2.15. The normalized spacial score (nSPS) is 10.2. The van der Waals surface area contributed by atoms with Crippen LogP contribution in [0.4, 0.5) is 10.1 Å². The number of nitrogens with zero attached hydrogens (tertiary/aromatic N) is 1. The van der Waals surface area contributed by atoms with Crippen LogP contribution in [0.3, 0.4) is 0 Å². The van der Waals surface area contributed by atoms with Gasteiger partial charge in [0.1, 0.15) is 11.4 Å². The third-order valence-corrected chi connectivity index (χ3v) is 2.98. The van der Waals surface area contributed by atoms with Gasteiger partial charge < -0.3 is 5.32 Å². The van der Waals surface area contributed by atoms with Gasteiger partial charge in [-0.25, -0.2) is 4.39 Å². The van der Waals surface area contributed by atoms with Gasteiger partial charge in [0.15, 0.2) is 0 Å². The Bertz CT molecular complexity index is 706. The van der Waals surface area contributed by atoms with E-state index in [1.54, 1.807) is 6.07 Å². The van der Waals surface area contributed by atoms with E-state index in [2.05, 4.69) is 5.32 Å². The van der Waals surface area contributed by atoms with E-state index >= 15 is 0 Å². The topological polar surface area (TPSA) is 72.2 Å². The Labute approximate surface area is 124 Å². The highest BCUT2D eigenvalue weighted by Gasteiger charge is 2.20. The lowest BCUT2D eigenvalue weighted by Crippen LogP contribution is -2.23. The molecule has 0 saturated heterocycles. The molecular formula is C14H10ClFN2O3. The van der Waals surface area contributed by atoms with Crippen LogP contribution in [-0.2, 0) is 6.54 Å². The second kappa shape index (κ2) is 6.32. The number of halogens is 2. The molecule has 0 heterocycles. The number of hydrogen-bond acceptors (Lipinski definition) is 3.